The van der Waals surface area contributed by atoms with Crippen LogP contribution in [-0.2, 0) is 7.05 Å². The third-order valence-electron chi connectivity index (χ3n) is 4.80. The van der Waals surface area contributed by atoms with Gasteiger partial charge in [0.1, 0.15) is 0 Å². The van der Waals surface area contributed by atoms with Gasteiger partial charge in [0.2, 0.25) is 0 Å². The second-order valence-electron chi connectivity index (χ2n) is 6.62. The number of hydrogen-bond donors (Lipinski definition) is 0. The fourth-order valence-electron chi connectivity index (χ4n) is 3.38. The van der Waals surface area contributed by atoms with E-state index in [0.717, 1.165) is 16.5 Å². The topological polar surface area (TPSA) is 52.0 Å². The smallest absolute Gasteiger partial charge is 0.262 e. The molecule has 0 spiro atoms. The van der Waals surface area contributed by atoms with Gasteiger partial charge in [0, 0.05) is 35.4 Å². The first kappa shape index (κ1) is 18.8. The van der Waals surface area contributed by atoms with Gasteiger partial charge >= 0.3 is 0 Å². The summed E-state index contributed by atoms with van der Waals surface area (Å²) in [5.41, 5.74) is 2.71. The number of aryl methyl sites for hydroxylation is 1. The van der Waals surface area contributed by atoms with Crippen LogP contribution < -0.4 is 5.56 Å². The Hall–Kier alpha value is -3.50. The van der Waals surface area contributed by atoms with Crippen LogP contribution in [0.5, 0.6) is 0 Å². The zero-order valence-electron chi connectivity index (χ0n) is 15.7. The summed E-state index contributed by atoms with van der Waals surface area (Å²) in [4.78, 5) is 30.3. The number of hydrogen-bond acceptors (Lipinski definition) is 3. The summed E-state index contributed by atoms with van der Waals surface area (Å²) in [5, 5.41) is 1.30. The van der Waals surface area contributed by atoms with Crippen molar-refractivity contribution in [3.63, 3.8) is 0 Å². The van der Waals surface area contributed by atoms with Crippen molar-refractivity contribution in [2.75, 3.05) is 0 Å². The first-order valence-electron chi connectivity index (χ1n) is 9.06. The number of rotatable bonds is 4. The number of carbonyl (C=O) groups excluding carboxylic acids is 1. The van der Waals surface area contributed by atoms with Gasteiger partial charge in [-0.15, -0.1) is 0 Å². The molecule has 0 atom stereocenters. The summed E-state index contributed by atoms with van der Waals surface area (Å²) in [6, 6.07) is 18.3. The summed E-state index contributed by atoms with van der Waals surface area (Å²) < 4.78 is 1.49. The molecule has 2 heterocycles. The highest BCUT2D eigenvalue weighted by molar-refractivity contribution is 6.31. The molecule has 29 heavy (non-hydrogen) atoms. The van der Waals surface area contributed by atoms with Crippen molar-refractivity contribution in [1.82, 2.24) is 9.55 Å². The highest BCUT2D eigenvalue weighted by Crippen LogP contribution is 2.32. The maximum atomic E-state index is 13.2. The van der Waals surface area contributed by atoms with E-state index < -0.39 is 0 Å². The monoisotopic (exact) mass is 400 g/mol. The summed E-state index contributed by atoms with van der Waals surface area (Å²) in [5.74, 6) is -0.358. The van der Waals surface area contributed by atoms with E-state index in [1.54, 1.807) is 55.8 Å². The Kier molecular flexibility index (Phi) is 5.10. The van der Waals surface area contributed by atoms with Crippen LogP contribution in [0.4, 0.5) is 0 Å². The van der Waals surface area contributed by atoms with Gasteiger partial charge in [0.05, 0.1) is 11.1 Å². The SMILES string of the molecule is Cn1c(=O)c(C(=O)/C=C/c2ccncc2)c(-c2ccccc2)c2cc(Cl)ccc21. The Labute approximate surface area is 172 Å². The standard InChI is InChI=1S/C24H17ClN2O2/c1-27-20-9-8-18(25)15-19(20)22(17-5-3-2-4-6-17)23(24(27)29)21(28)10-7-16-11-13-26-14-12-16/h2-15H,1H3/b10-7+. The molecule has 142 valence electrons. The first-order chi connectivity index (χ1) is 14.1. The number of pyridine rings is 2. The van der Waals surface area contributed by atoms with E-state index in [4.69, 9.17) is 11.6 Å². The van der Waals surface area contributed by atoms with E-state index >= 15 is 0 Å². The summed E-state index contributed by atoms with van der Waals surface area (Å²) in [6.07, 6.45) is 6.41. The van der Waals surface area contributed by atoms with Gasteiger partial charge in [-0.1, -0.05) is 48.0 Å². The molecule has 4 nitrogen and oxygen atoms in total. The minimum Gasteiger partial charge on any atom is -0.311 e. The summed E-state index contributed by atoms with van der Waals surface area (Å²) >= 11 is 6.25. The van der Waals surface area contributed by atoms with Gasteiger partial charge in [-0.2, -0.15) is 0 Å². The summed E-state index contributed by atoms with van der Waals surface area (Å²) in [6.45, 7) is 0. The molecule has 0 radical (unpaired) electrons. The number of carbonyl (C=O) groups is 1. The van der Waals surface area contributed by atoms with E-state index in [0.29, 0.717) is 16.1 Å². The zero-order chi connectivity index (χ0) is 20.4. The fourth-order valence-corrected chi connectivity index (χ4v) is 3.55. The van der Waals surface area contributed by atoms with Gasteiger partial charge in [-0.25, -0.2) is 0 Å². The van der Waals surface area contributed by atoms with Crippen molar-refractivity contribution >= 4 is 34.4 Å². The van der Waals surface area contributed by atoms with Crippen LogP contribution >= 0.6 is 11.6 Å². The predicted octanol–water partition coefficient (Wildman–Crippen LogP) is 5.15. The van der Waals surface area contributed by atoms with Crippen LogP contribution in [0.25, 0.3) is 28.1 Å². The second-order valence-corrected chi connectivity index (χ2v) is 7.06. The molecule has 0 fully saturated rings. The number of allylic oxidation sites excluding steroid dienone is 1. The maximum Gasteiger partial charge on any atom is 0.262 e. The third kappa shape index (κ3) is 3.62. The van der Waals surface area contributed by atoms with E-state index in [9.17, 15) is 9.59 Å². The normalized spacial score (nSPS) is 11.2. The number of halogens is 1. The zero-order valence-corrected chi connectivity index (χ0v) is 16.4. The number of benzene rings is 2. The van der Waals surface area contributed by atoms with E-state index in [2.05, 4.69) is 4.98 Å². The lowest BCUT2D eigenvalue weighted by Crippen LogP contribution is -2.25. The van der Waals surface area contributed by atoms with Crippen LogP contribution in [0.3, 0.4) is 0 Å². The first-order valence-corrected chi connectivity index (χ1v) is 9.44. The van der Waals surface area contributed by atoms with Crippen LogP contribution in [0, 0.1) is 0 Å². The van der Waals surface area contributed by atoms with Crippen molar-refractivity contribution in [3.8, 4) is 11.1 Å². The van der Waals surface area contributed by atoms with Crippen LogP contribution in [-0.4, -0.2) is 15.3 Å². The van der Waals surface area contributed by atoms with Gasteiger partial charge < -0.3 is 4.57 Å². The second kappa shape index (κ2) is 7.86. The lowest BCUT2D eigenvalue weighted by molar-refractivity contribution is 0.104. The van der Waals surface area contributed by atoms with Crippen LogP contribution in [0.1, 0.15) is 15.9 Å². The van der Waals surface area contributed by atoms with E-state index in [-0.39, 0.29) is 16.9 Å². The molecule has 0 saturated heterocycles. The highest BCUT2D eigenvalue weighted by atomic mass is 35.5. The van der Waals surface area contributed by atoms with Gasteiger partial charge in [0.15, 0.2) is 5.78 Å². The Morgan fingerprint density at radius 2 is 1.76 bits per heavy atom. The lowest BCUT2D eigenvalue weighted by atomic mass is 9.93. The minimum atomic E-state index is -0.358. The fraction of sp³-hybridized carbons (Fsp3) is 0.0417. The third-order valence-corrected chi connectivity index (χ3v) is 5.04. The molecule has 4 rings (SSSR count). The van der Waals surface area contributed by atoms with Crippen molar-refractivity contribution in [1.29, 1.82) is 0 Å². The van der Waals surface area contributed by atoms with Crippen molar-refractivity contribution in [2.45, 2.75) is 0 Å². The molecule has 0 saturated carbocycles. The molecule has 0 unspecified atom stereocenters. The largest absolute Gasteiger partial charge is 0.311 e. The number of aromatic nitrogens is 2. The molecule has 0 bridgehead atoms. The molecule has 4 aromatic rings. The average molecular weight is 401 g/mol. The Morgan fingerprint density at radius 1 is 1.03 bits per heavy atom. The molecule has 2 aromatic carbocycles. The van der Waals surface area contributed by atoms with Gasteiger partial charge in [0.25, 0.3) is 5.56 Å². The minimum absolute atomic E-state index is 0.124. The molecule has 5 heteroatoms. The quantitative estimate of drug-likeness (QED) is 0.351. The molecule has 0 aliphatic rings. The maximum absolute atomic E-state index is 13.2. The van der Waals surface area contributed by atoms with E-state index in [1.807, 2.05) is 30.3 Å². The average Bonchev–Trinajstić information content (AvgIpc) is 2.75. The summed E-state index contributed by atoms with van der Waals surface area (Å²) in [7, 11) is 1.66. The molecular weight excluding hydrogens is 384 g/mol. The van der Waals surface area contributed by atoms with Crippen molar-refractivity contribution in [3.05, 3.63) is 106 Å². The molecule has 0 amide bonds. The molecular formula is C24H17ClN2O2. The number of ketones is 1. The Morgan fingerprint density at radius 3 is 2.48 bits per heavy atom. The molecule has 0 aliphatic heterocycles. The number of nitrogens with zero attached hydrogens (tertiary/aromatic N) is 2. The molecule has 2 aromatic heterocycles. The van der Waals surface area contributed by atoms with Crippen molar-refractivity contribution in [2.24, 2.45) is 7.05 Å². The molecule has 0 aliphatic carbocycles. The van der Waals surface area contributed by atoms with E-state index in [1.165, 1.54) is 10.6 Å². The highest BCUT2D eigenvalue weighted by Gasteiger charge is 2.21. The van der Waals surface area contributed by atoms with Crippen molar-refractivity contribution < 1.29 is 4.79 Å². The number of fused-ring (bicyclic) bond motifs is 1. The Balaban J connectivity index is 2.00. The van der Waals surface area contributed by atoms with Crippen LogP contribution in [0.2, 0.25) is 5.02 Å². The lowest BCUT2D eigenvalue weighted by Gasteiger charge is -2.15. The Bertz CT molecular complexity index is 1290. The van der Waals surface area contributed by atoms with Gasteiger partial charge in [-0.3, -0.25) is 14.6 Å². The van der Waals surface area contributed by atoms with Crippen LogP contribution in [0.15, 0.2) is 83.9 Å². The predicted molar refractivity (Wildman–Crippen MR) is 117 cm³/mol. The molecule has 0 N–H and O–H groups in total. The van der Waals surface area contributed by atoms with Gasteiger partial charge in [-0.05, 0) is 47.5 Å².